The number of amides is 1. The van der Waals surface area contributed by atoms with Gasteiger partial charge in [-0.2, -0.15) is 0 Å². The second-order valence-electron chi connectivity index (χ2n) is 6.18. The lowest BCUT2D eigenvalue weighted by Crippen LogP contribution is -2.44. The molecule has 1 fully saturated rings. The first-order chi connectivity index (χ1) is 12.4. The maximum Gasteiger partial charge on any atom is 0.250 e. The van der Waals surface area contributed by atoms with Gasteiger partial charge in [-0.15, -0.1) is 22.7 Å². The van der Waals surface area contributed by atoms with E-state index in [0.717, 1.165) is 29.4 Å². The SMILES string of the molecule is Cc1csc(SCC(=O)N2CCC[C@H](CNS(=O)(=O)c3cccs3)C2)n1. The fraction of sp³-hybridized carbons (Fsp3) is 0.500. The monoisotopic (exact) mass is 431 g/mol. The van der Waals surface area contributed by atoms with Crippen molar-refractivity contribution in [2.75, 3.05) is 25.4 Å². The Morgan fingerprint density at radius 1 is 1.46 bits per heavy atom. The molecule has 0 saturated carbocycles. The molecule has 1 aliphatic rings. The Hall–Kier alpha value is -0.940. The predicted molar refractivity (Wildman–Crippen MR) is 106 cm³/mol. The number of carbonyl (C=O) groups excluding carboxylic acids is 1. The van der Waals surface area contributed by atoms with Crippen molar-refractivity contribution in [2.24, 2.45) is 5.92 Å². The predicted octanol–water partition coefficient (Wildman–Crippen LogP) is 2.82. The summed E-state index contributed by atoms with van der Waals surface area (Å²) < 4.78 is 28.4. The Morgan fingerprint density at radius 3 is 3.00 bits per heavy atom. The van der Waals surface area contributed by atoms with Gasteiger partial charge in [-0.05, 0) is 37.1 Å². The molecule has 1 atom stereocenters. The summed E-state index contributed by atoms with van der Waals surface area (Å²) in [6.45, 7) is 3.64. The highest BCUT2D eigenvalue weighted by atomic mass is 32.2. The molecule has 0 aromatic carbocycles. The Bertz CT molecular complexity index is 833. The van der Waals surface area contributed by atoms with Gasteiger partial charge in [0.05, 0.1) is 5.75 Å². The summed E-state index contributed by atoms with van der Waals surface area (Å²) in [5.41, 5.74) is 0.973. The van der Waals surface area contributed by atoms with Gasteiger partial charge < -0.3 is 4.90 Å². The molecule has 1 aliphatic heterocycles. The van der Waals surface area contributed by atoms with E-state index < -0.39 is 10.0 Å². The van der Waals surface area contributed by atoms with Crippen molar-refractivity contribution in [3.63, 3.8) is 0 Å². The first-order valence-corrected chi connectivity index (χ1v) is 12.5. The smallest absolute Gasteiger partial charge is 0.250 e. The van der Waals surface area contributed by atoms with Gasteiger partial charge >= 0.3 is 0 Å². The lowest BCUT2D eigenvalue weighted by atomic mass is 9.98. The number of carbonyl (C=O) groups is 1. The maximum absolute atomic E-state index is 12.5. The van der Waals surface area contributed by atoms with Gasteiger partial charge in [0.25, 0.3) is 0 Å². The first-order valence-electron chi connectivity index (χ1n) is 8.30. The highest BCUT2D eigenvalue weighted by molar-refractivity contribution is 8.01. The van der Waals surface area contributed by atoms with E-state index in [9.17, 15) is 13.2 Å². The van der Waals surface area contributed by atoms with Gasteiger partial charge in [0, 0.05) is 30.7 Å². The van der Waals surface area contributed by atoms with E-state index in [-0.39, 0.29) is 11.8 Å². The molecule has 1 amide bonds. The Labute approximate surface area is 166 Å². The van der Waals surface area contributed by atoms with Crippen LogP contribution in [-0.4, -0.2) is 49.6 Å². The van der Waals surface area contributed by atoms with Crippen LogP contribution < -0.4 is 4.72 Å². The van der Waals surface area contributed by atoms with Crippen molar-refractivity contribution in [1.29, 1.82) is 0 Å². The summed E-state index contributed by atoms with van der Waals surface area (Å²) >= 11 is 4.23. The minimum atomic E-state index is -3.44. The number of aromatic nitrogens is 1. The number of hydrogen-bond acceptors (Lipinski definition) is 7. The van der Waals surface area contributed by atoms with Crippen molar-refractivity contribution in [2.45, 2.75) is 28.3 Å². The normalized spacial score (nSPS) is 18.2. The van der Waals surface area contributed by atoms with E-state index in [1.807, 2.05) is 17.2 Å². The van der Waals surface area contributed by atoms with Gasteiger partial charge in [-0.1, -0.05) is 17.8 Å². The molecule has 2 aromatic heterocycles. The number of hydrogen-bond donors (Lipinski definition) is 1. The van der Waals surface area contributed by atoms with Crippen LogP contribution in [0.25, 0.3) is 0 Å². The van der Waals surface area contributed by atoms with E-state index in [4.69, 9.17) is 0 Å². The lowest BCUT2D eigenvalue weighted by Gasteiger charge is -2.32. The van der Waals surface area contributed by atoms with Crippen LogP contribution in [0.5, 0.6) is 0 Å². The van der Waals surface area contributed by atoms with Crippen LogP contribution in [0.2, 0.25) is 0 Å². The molecule has 3 rings (SSSR count). The van der Waals surface area contributed by atoms with Crippen LogP contribution in [0, 0.1) is 12.8 Å². The van der Waals surface area contributed by atoms with Crippen LogP contribution in [0.15, 0.2) is 31.4 Å². The van der Waals surface area contributed by atoms with Gasteiger partial charge in [0.1, 0.15) is 4.21 Å². The third-order valence-electron chi connectivity index (χ3n) is 4.11. The Kier molecular flexibility index (Phi) is 6.73. The highest BCUT2D eigenvalue weighted by Crippen LogP contribution is 2.24. The zero-order valence-corrected chi connectivity index (χ0v) is 17.6. The topological polar surface area (TPSA) is 79.4 Å². The van der Waals surface area contributed by atoms with Crippen molar-refractivity contribution >= 4 is 50.4 Å². The molecule has 0 bridgehead atoms. The number of likely N-dealkylation sites (tertiary alicyclic amines) is 1. The second-order valence-corrected chi connectivity index (χ2v) is 11.2. The number of sulfonamides is 1. The average Bonchev–Trinajstić information content (AvgIpc) is 3.30. The van der Waals surface area contributed by atoms with Gasteiger partial charge in [-0.3, -0.25) is 4.79 Å². The average molecular weight is 432 g/mol. The second kappa shape index (κ2) is 8.83. The molecule has 2 aromatic rings. The molecule has 1 N–H and O–H groups in total. The Balaban J connectivity index is 1.48. The molecule has 6 nitrogen and oxygen atoms in total. The number of nitrogens with zero attached hydrogens (tertiary/aromatic N) is 2. The van der Waals surface area contributed by atoms with Gasteiger partial charge in [0.2, 0.25) is 15.9 Å². The van der Waals surface area contributed by atoms with Crippen molar-refractivity contribution in [3.05, 3.63) is 28.6 Å². The van der Waals surface area contributed by atoms with Crippen molar-refractivity contribution in [1.82, 2.24) is 14.6 Å². The van der Waals surface area contributed by atoms with Crippen LogP contribution in [-0.2, 0) is 14.8 Å². The van der Waals surface area contributed by atoms with Crippen LogP contribution in [0.1, 0.15) is 18.5 Å². The maximum atomic E-state index is 12.5. The third kappa shape index (κ3) is 5.29. The lowest BCUT2D eigenvalue weighted by molar-refractivity contribution is -0.130. The van der Waals surface area contributed by atoms with Crippen molar-refractivity contribution < 1.29 is 13.2 Å². The third-order valence-corrected chi connectivity index (χ3v) is 9.06. The molecule has 3 heterocycles. The summed E-state index contributed by atoms with van der Waals surface area (Å²) in [5.74, 6) is 0.615. The number of rotatable bonds is 7. The fourth-order valence-corrected chi connectivity index (χ4v) is 6.69. The molecule has 142 valence electrons. The molecule has 0 aliphatic carbocycles. The summed E-state index contributed by atoms with van der Waals surface area (Å²) in [5, 5.41) is 3.72. The summed E-state index contributed by atoms with van der Waals surface area (Å²) in [7, 11) is -3.44. The molecule has 1 saturated heterocycles. The molecule has 0 unspecified atom stereocenters. The molecule has 26 heavy (non-hydrogen) atoms. The quantitative estimate of drug-likeness (QED) is 0.682. The van der Waals surface area contributed by atoms with Gasteiger partial charge in [0.15, 0.2) is 4.34 Å². The molecule has 0 spiro atoms. The number of thiazole rings is 1. The van der Waals surface area contributed by atoms with E-state index in [1.165, 1.54) is 23.1 Å². The van der Waals surface area contributed by atoms with E-state index in [0.29, 0.717) is 23.1 Å². The zero-order valence-electron chi connectivity index (χ0n) is 14.4. The zero-order chi connectivity index (χ0) is 18.6. The van der Waals surface area contributed by atoms with Crippen LogP contribution in [0.4, 0.5) is 0 Å². The van der Waals surface area contributed by atoms with Crippen molar-refractivity contribution in [3.8, 4) is 0 Å². The van der Waals surface area contributed by atoms with Crippen LogP contribution in [0.3, 0.4) is 0 Å². The van der Waals surface area contributed by atoms with E-state index >= 15 is 0 Å². The number of thiophene rings is 1. The fourth-order valence-electron chi connectivity index (χ4n) is 2.79. The number of nitrogens with one attached hydrogen (secondary N) is 1. The molecular weight excluding hydrogens is 410 g/mol. The van der Waals surface area contributed by atoms with Crippen LogP contribution >= 0.6 is 34.4 Å². The minimum Gasteiger partial charge on any atom is -0.342 e. The van der Waals surface area contributed by atoms with E-state index in [2.05, 4.69) is 9.71 Å². The summed E-state index contributed by atoms with van der Waals surface area (Å²) in [6, 6.07) is 3.32. The summed E-state index contributed by atoms with van der Waals surface area (Å²) in [6.07, 6.45) is 1.83. The number of thioether (sulfide) groups is 1. The molecule has 10 heteroatoms. The first kappa shape index (κ1) is 19.8. The summed E-state index contributed by atoms with van der Waals surface area (Å²) in [4.78, 5) is 18.7. The molecule has 0 radical (unpaired) electrons. The molecular formula is C16H21N3O3S4. The number of aryl methyl sites for hydroxylation is 1. The van der Waals surface area contributed by atoms with E-state index in [1.54, 1.807) is 28.8 Å². The minimum absolute atomic E-state index is 0.0914. The Morgan fingerprint density at radius 2 is 2.31 bits per heavy atom. The standard InChI is InChI=1S/C16H21N3O3S4/c1-12-10-24-16(18-12)25-11-14(20)19-6-2-4-13(9-19)8-17-26(21,22)15-5-3-7-23-15/h3,5,7,10,13,17H,2,4,6,8-9,11H2,1H3/t13-/m1/s1. The van der Waals surface area contributed by atoms with Gasteiger partial charge in [-0.25, -0.2) is 18.1 Å². The largest absolute Gasteiger partial charge is 0.342 e. The highest BCUT2D eigenvalue weighted by Gasteiger charge is 2.25. The number of piperidine rings is 1.